The van der Waals surface area contributed by atoms with E-state index in [1.54, 1.807) is 32.9 Å². The van der Waals surface area contributed by atoms with E-state index in [2.05, 4.69) is 16.2 Å². The Hall–Kier alpha value is -2.35. The Bertz CT molecular complexity index is 611. The van der Waals surface area contributed by atoms with Crippen LogP contribution in [0.1, 0.15) is 31.1 Å². The molecule has 0 saturated carbocycles. The van der Waals surface area contributed by atoms with Crippen LogP contribution in [0.4, 0.5) is 0 Å². The molecule has 1 aromatic rings. The molecule has 7 nitrogen and oxygen atoms in total. The van der Waals surface area contributed by atoms with E-state index in [0.29, 0.717) is 17.1 Å². The van der Waals surface area contributed by atoms with Crippen molar-refractivity contribution in [3.63, 3.8) is 0 Å². The van der Waals surface area contributed by atoms with Crippen LogP contribution in [0.5, 0.6) is 11.5 Å². The van der Waals surface area contributed by atoms with Crippen LogP contribution in [0.3, 0.4) is 0 Å². The lowest BCUT2D eigenvalue weighted by Crippen LogP contribution is -2.50. The molecule has 2 amide bonds. The molecule has 0 aromatic heterocycles. The molecule has 0 aliphatic carbocycles. The summed E-state index contributed by atoms with van der Waals surface area (Å²) in [5, 5.41) is 2.50. The number of rotatable bonds is 3. The largest absolute Gasteiger partial charge is 0.493 e. The van der Waals surface area contributed by atoms with Crippen molar-refractivity contribution >= 4 is 29.1 Å². The summed E-state index contributed by atoms with van der Waals surface area (Å²) in [4.78, 5) is 23.8. The van der Waals surface area contributed by atoms with Gasteiger partial charge in [0, 0.05) is 11.0 Å². The van der Waals surface area contributed by atoms with Crippen molar-refractivity contribution in [1.82, 2.24) is 16.2 Å². The lowest BCUT2D eigenvalue weighted by atomic mass is 9.96. The van der Waals surface area contributed by atoms with E-state index in [4.69, 9.17) is 21.7 Å². The Morgan fingerprint density at radius 1 is 1.04 bits per heavy atom. The summed E-state index contributed by atoms with van der Waals surface area (Å²) in [7, 11) is 2.99. The molecule has 0 aliphatic heterocycles. The number of amides is 2. The number of carbonyl (C=O) groups is 2. The summed E-state index contributed by atoms with van der Waals surface area (Å²) in [6.45, 7) is 5.27. The molecule has 0 aliphatic rings. The summed E-state index contributed by atoms with van der Waals surface area (Å²) in [5.74, 6) is 0.266. The van der Waals surface area contributed by atoms with E-state index < -0.39 is 11.3 Å². The van der Waals surface area contributed by atoms with Gasteiger partial charge in [-0.25, -0.2) is 0 Å². The number of hydrazine groups is 1. The molecule has 126 valence electrons. The van der Waals surface area contributed by atoms with Crippen molar-refractivity contribution < 1.29 is 19.1 Å². The zero-order chi connectivity index (χ0) is 17.6. The molecule has 0 saturated heterocycles. The number of carbonyl (C=O) groups excluding carboxylic acids is 2. The highest BCUT2D eigenvalue weighted by atomic mass is 32.1. The number of ether oxygens (including phenoxy) is 2. The van der Waals surface area contributed by atoms with Gasteiger partial charge >= 0.3 is 0 Å². The third-order valence-electron chi connectivity index (χ3n) is 2.84. The van der Waals surface area contributed by atoms with Gasteiger partial charge in [0.25, 0.3) is 5.91 Å². The van der Waals surface area contributed by atoms with E-state index in [1.165, 1.54) is 20.3 Å². The van der Waals surface area contributed by atoms with Crippen molar-refractivity contribution in [3.05, 3.63) is 23.8 Å². The standard InChI is InChI=1S/C15H21N3O4S/c1-15(2,3)13(20)16-14(23)18-17-12(19)9-6-7-10(21-4)11(8-9)22-5/h6-8H,1-5H3,(H,17,19)(H2,16,18,20,23). The summed E-state index contributed by atoms with van der Waals surface area (Å²) in [6.07, 6.45) is 0. The van der Waals surface area contributed by atoms with Crippen molar-refractivity contribution in [1.29, 1.82) is 0 Å². The molecule has 0 heterocycles. The molecule has 0 fully saturated rings. The minimum atomic E-state index is -0.584. The summed E-state index contributed by atoms with van der Waals surface area (Å²) < 4.78 is 10.2. The Morgan fingerprint density at radius 2 is 1.65 bits per heavy atom. The highest BCUT2D eigenvalue weighted by Crippen LogP contribution is 2.27. The Balaban J connectivity index is 2.63. The molecular weight excluding hydrogens is 318 g/mol. The van der Waals surface area contributed by atoms with Crippen LogP contribution in [0.2, 0.25) is 0 Å². The Morgan fingerprint density at radius 3 is 2.17 bits per heavy atom. The third kappa shape index (κ3) is 5.41. The first-order valence-corrected chi connectivity index (χ1v) is 7.23. The van der Waals surface area contributed by atoms with Crippen molar-refractivity contribution in [2.45, 2.75) is 20.8 Å². The van der Waals surface area contributed by atoms with Gasteiger partial charge in [0.15, 0.2) is 16.6 Å². The molecule has 1 rings (SSSR count). The summed E-state index contributed by atoms with van der Waals surface area (Å²) in [6, 6.07) is 4.73. The Kier molecular flexibility index (Phi) is 6.32. The molecule has 3 N–H and O–H groups in total. The molecule has 0 spiro atoms. The predicted molar refractivity (Wildman–Crippen MR) is 90.3 cm³/mol. The smallest absolute Gasteiger partial charge is 0.269 e. The normalized spacial score (nSPS) is 10.5. The second-order valence-corrected chi connectivity index (χ2v) is 6.09. The van der Waals surface area contributed by atoms with Crippen LogP contribution in [0.15, 0.2) is 18.2 Å². The lowest BCUT2D eigenvalue weighted by Gasteiger charge is -2.18. The molecule has 0 atom stereocenters. The number of hydrogen-bond donors (Lipinski definition) is 3. The van der Waals surface area contributed by atoms with Gasteiger partial charge in [0.05, 0.1) is 14.2 Å². The van der Waals surface area contributed by atoms with Gasteiger partial charge in [-0.15, -0.1) is 0 Å². The van der Waals surface area contributed by atoms with Gasteiger partial charge in [-0.1, -0.05) is 20.8 Å². The monoisotopic (exact) mass is 339 g/mol. The highest BCUT2D eigenvalue weighted by Gasteiger charge is 2.22. The van der Waals surface area contributed by atoms with Crippen LogP contribution in [0, 0.1) is 5.41 Å². The van der Waals surface area contributed by atoms with E-state index >= 15 is 0 Å². The number of benzene rings is 1. The zero-order valence-electron chi connectivity index (χ0n) is 13.8. The van der Waals surface area contributed by atoms with Crippen LogP contribution in [-0.2, 0) is 4.79 Å². The van der Waals surface area contributed by atoms with Crippen LogP contribution in [0.25, 0.3) is 0 Å². The van der Waals surface area contributed by atoms with Crippen LogP contribution in [-0.4, -0.2) is 31.1 Å². The maximum absolute atomic E-state index is 12.1. The second kappa shape index (κ2) is 7.77. The van der Waals surface area contributed by atoms with E-state index in [1.807, 2.05) is 0 Å². The molecule has 8 heteroatoms. The van der Waals surface area contributed by atoms with Crippen molar-refractivity contribution in [2.75, 3.05) is 14.2 Å². The molecule has 23 heavy (non-hydrogen) atoms. The van der Waals surface area contributed by atoms with E-state index in [0.717, 1.165) is 0 Å². The first-order chi connectivity index (χ1) is 10.7. The first-order valence-electron chi connectivity index (χ1n) is 6.83. The van der Waals surface area contributed by atoms with Gasteiger partial charge in [0.2, 0.25) is 5.91 Å². The molecule has 1 aromatic carbocycles. The SMILES string of the molecule is COc1ccc(C(=O)NNC(=S)NC(=O)C(C)(C)C)cc1OC. The number of hydrogen-bond acceptors (Lipinski definition) is 5. The predicted octanol–water partition coefficient (Wildman–Crippen LogP) is 1.39. The average molecular weight is 339 g/mol. The minimum Gasteiger partial charge on any atom is -0.493 e. The quantitative estimate of drug-likeness (QED) is 0.570. The topological polar surface area (TPSA) is 88.7 Å². The highest BCUT2D eigenvalue weighted by molar-refractivity contribution is 7.80. The number of thiocarbonyl (C=S) groups is 1. The molecule has 0 radical (unpaired) electrons. The van der Waals surface area contributed by atoms with Gasteiger partial charge in [-0.2, -0.15) is 0 Å². The van der Waals surface area contributed by atoms with Gasteiger partial charge in [0.1, 0.15) is 0 Å². The maximum Gasteiger partial charge on any atom is 0.269 e. The second-order valence-electron chi connectivity index (χ2n) is 5.68. The van der Waals surface area contributed by atoms with Gasteiger partial charge < -0.3 is 14.8 Å². The van der Waals surface area contributed by atoms with Gasteiger partial charge in [-0.3, -0.25) is 20.4 Å². The average Bonchev–Trinajstić information content (AvgIpc) is 2.50. The third-order valence-corrected chi connectivity index (χ3v) is 3.05. The first kappa shape index (κ1) is 18.7. The maximum atomic E-state index is 12.1. The fraction of sp³-hybridized carbons (Fsp3) is 0.400. The molecule has 0 unspecified atom stereocenters. The fourth-order valence-electron chi connectivity index (χ4n) is 1.49. The molecular formula is C15H21N3O4S. The summed E-state index contributed by atoms with van der Waals surface area (Å²) >= 11 is 4.95. The van der Waals surface area contributed by atoms with Crippen molar-refractivity contribution in [3.8, 4) is 11.5 Å². The summed E-state index contributed by atoms with van der Waals surface area (Å²) in [5.41, 5.74) is 4.64. The van der Waals surface area contributed by atoms with Crippen molar-refractivity contribution in [2.24, 2.45) is 5.41 Å². The molecule has 0 bridgehead atoms. The van der Waals surface area contributed by atoms with Gasteiger partial charge in [-0.05, 0) is 30.4 Å². The van der Waals surface area contributed by atoms with E-state index in [-0.39, 0.29) is 11.0 Å². The van der Waals surface area contributed by atoms with Crippen LogP contribution < -0.4 is 25.6 Å². The zero-order valence-corrected chi connectivity index (χ0v) is 14.6. The fourth-order valence-corrected chi connectivity index (χ4v) is 1.63. The number of methoxy groups -OCH3 is 2. The minimum absolute atomic E-state index is 0.0127. The number of nitrogens with one attached hydrogen (secondary N) is 3. The Labute approximate surface area is 140 Å². The van der Waals surface area contributed by atoms with Crippen LogP contribution >= 0.6 is 12.2 Å². The lowest BCUT2D eigenvalue weighted by molar-refractivity contribution is -0.126. The van der Waals surface area contributed by atoms with E-state index in [9.17, 15) is 9.59 Å².